The highest BCUT2D eigenvalue weighted by atomic mass is 32.1. The lowest BCUT2D eigenvalue weighted by Gasteiger charge is -2.22. The van der Waals surface area contributed by atoms with Crippen LogP contribution in [0.5, 0.6) is 5.75 Å². The van der Waals surface area contributed by atoms with E-state index in [-0.39, 0.29) is 11.9 Å². The van der Waals surface area contributed by atoms with Gasteiger partial charge in [0.1, 0.15) is 5.75 Å². The number of carbonyl (C=O) groups excluding carboxylic acids is 1. The van der Waals surface area contributed by atoms with Crippen LogP contribution in [-0.2, 0) is 10.2 Å². The molecule has 0 aliphatic heterocycles. The van der Waals surface area contributed by atoms with Crippen LogP contribution in [0, 0.1) is 13.8 Å². The van der Waals surface area contributed by atoms with Gasteiger partial charge < -0.3 is 10.1 Å². The Morgan fingerprint density at radius 2 is 2.11 bits per heavy atom. The van der Waals surface area contributed by atoms with E-state index in [0.29, 0.717) is 6.54 Å². The standard InChI is InChI=1S/C22H25N3O2S/c1-15-12-16(2)25(24-15)19(17-8-11-28-14-17)13-23-21(26)22(9-10-22)18-6-4-5-7-20(18)27-3/h4-8,11-12,14,19H,9-10,13H2,1-3H3,(H,23,26). The Morgan fingerprint density at radius 3 is 2.71 bits per heavy atom. The molecule has 28 heavy (non-hydrogen) atoms. The van der Waals surface area contributed by atoms with Gasteiger partial charge in [-0.05, 0) is 61.2 Å². The summed E-state index contributed by atoms with van der Waals surface area (Å²) in [5.74, 6) is 0.849. The molecule has 0 bridgehead atoms. The Hall–Kier alpha value is -2.60. The first kappa shape index (κ1) is 18.7. The molecule has 1 N–H and O–H groups in total. The minimum Gasteiger partial charge on any atom is -0.496 e. The van der Waals surface area contributed by atoms with E-state index in [0.717, 1.165) is 35.5 Å². The van der Waals surface area contributed by atoms with Gasteiger partial charge in [-0.25, -0.2) is 0 Å². The summed E-state index contributed by atoms with van der Waals surface area (Å²) >= 11 is 1.66. The lowest BCUT2D eigenvalue weighted by atomic mass is 9.93. The Kier molecular flexibility index (Phi) is 4.98. The van der Waals surface area contributed by atoms with Gasteiger partial charge in [0, 0.05) is 17.8 Å². The van der Waals surface area contributed by atoms with E-state index in [1.165, 1.54) is 5.56 Å². The van der Waals surface area contributed by atoms with E-state index in [9.17, 15) is 4.79 Å². The van der Waals surface area contributed by atoms with Crippen molar-refractivity contribution in [3.8, 4) is 5.75 Å². The summed E-state index contributed by atoms with van der Waals surface area (Å²) in [5, 5.41) is 12.1. The van der Waals surface area contributed by atoms with Gasteiger partial charge in [0.05, 0.1) is 24.3 Å². The highest BCUT2D eigenvalue weighted by Crippen LogP contribution is 2.51. The van der Waals surface area contributed by atoms with Gasteiger partial charge in [-0.15, -0.1) is 0 Å². The third kappa shape index (κ3) is 3.33. The average Bonchev–Trinajstić information content (AvgIpc) is 3.20. The maximum atomic E-state index is 13.2. The minimum absolute atomic E-state index is 0.0163. The molecule has 2 aromatic heterocycles. The topological polar surface area (TPSA) is 56.1 Å². The number of hydrogen-bond acceptors (Lipinski definition) is 4. The Balaban J connectivity index is 1.56. The lowest BCUT2D eigenvalue weighted by Crippen LogP contribution is -2.39. The molecule has 0 radical (unpaired) electrons. The largest absolute Gasteiger partial charge is 0.496 e. The maximum absolute atomic E-state index is 13.2. The smallest absolute Gasteiger partial charge is 0.230 e. The first-order chi connectivity index (χ1) is 13.5. The number of aromatic nitrogens is 2. The number of para-hydroxylation sites is 1. The molecule has 146 valence electrons. The molecule has 1 atom stereocenters. The summed E-state index contributed by atoms with van der Waals surface area (Å²) in [6, 6.07) is 12.0. The van der Waals surface area contributed by atoms with E-state index < -0.39 is 5.41 Å². The van der Waals surface area contributed by atoms with Gasteiger partial charge in [0.15, 0.2) is 0 Å². The van der Waals surface area contributed by atoms with Crippen molar-refractivity contribution >= 4 is 17.2 Å². The molecule has 5 nitrogen and oxygen atoms in total. The first-order valence-corrected chi connectivity index (χ1v) is 10.5. The highest BCUT2D eigenvalue weighted by molar-refractivity contribution is 7.08. The first-order valence-electron chi connectivity index (χ1n) is 9.52. The van der Waals surface area contributed by atoms with E-state index >= 15 is 0 Å². The summed E-state index contributed by atoms with van der Waals surface area (Å²) in [6.45, 7) is 4.56. The van der Waals surface area contributed by atoms with Crippen molar-refractivity contribution in [2.45, 2.75) is 38.1 Å². The summed E-state index contributed by atoms with van der Waals surface area (Å²) in [7, 11) is 1.66. The van der Waals surface area contributed by atoms with Crippen LogP contribution in [0.25, 0.3) is 0 Å². The van der Waals surface area contributed by atoms with Crippen LogP contribution in [0.3, 0.4) is 0 Å². The SMILES string of the molecule is COc1ccccc1C1(C(=O)NCC(c2ccsc2)n2nc(C)cc2C)CC1. The molecule has 3 aromatic rings. The van der Waals surface area contributed by atoms with Crippen molar-refractivity contribution < 1.29 is 9.53 Å². The predicted octanol–water partition coefficient (Wildman–Crippen LogP) is 4.01. The van der Waals surface area contributed by atoms with Crippen molar-refractivity contribution in [3.05, 3.63) is 69.7 Å². The molecule has 0 saturated heterocycles. The van der Waals surface area contributed by atoms with Crippen molar-refractivity contribution in [3.63, 3.8) is 0 Å². The molecule has 1 saturated carbocycles. The number of rotatable bonds is 7. The van der Waals surface area contributed by atoms with Crippen LogP contribution in [0.4, 0.5) is 0 Å². The van der Waals surface area contributed by atoms with E-state index in [1.54, 1.807) is 18.4 Å². The summed E-state index contributed by atoms with van der Waals surface area (Å²) in [6.07, 6.45) is 1.70. The number of amides is 1. The number of methoxy groups -OCH3 is 1. The molecule has 1 aromatic carbocycles. The minimum atomic E-state index is -0.471. The molecule has 1 aliphatic carbocycles. The number of carbonyl (C=O) groups is 1. The molecule has 0 spiro atoms. The Bertz CT molecular complexity index is 974. The zero-order valence-corrected chi connectivity index (χ0v) is 17.3. The third-order valence-corrected chi connectivity index (χ3v) is 6.23. The maximum Gasteiger partial charge on any atom is 0.230 e. The molecule has 1 unspecified atom stereocenters. The second kappa shape index (κ2) is 7.43. The fraction of sp³-hybridized carbons (Fsp3) is 0.364. The molecule has 6 heteroatoms. The van der Waals surface area contributed by atoms with E-state index in [4.69, 9.17) is 4.74 Å². The Morgan fingerprint density at radius 1 is 1.32 bits per heavy atom. The zero-order valence-electron chi connectivity index (χ0n) is 16.4. The molecule has 4 rings (SSSR count). The zero-order chi connectivity index (χ0) is 19.7. The van der Waals surface area contributed by atoms with Crippen molar-refractivity contribution in [2.24, 2.45) is 0 Å². The number of benzene rings is 1. The third-order valence-electron chi connectivity index (χ3n) is 5.53. The second-order valence-corrected chi connectivity index (χ2v) is 8.22. The molecule has 1 aliphatic rings. The fourth-order valence-electron chi connectivity index (χ4n) is 3.91. The van der Waals surface area contributed by atoms with Crippen molar-refractivity contribution in [1.82, 2.24) is 15.1 Å². The molecule has 1 amide bonds. The number of ether oxygens (including phenoxy) is 1. The normalized spacial score (nSPS) is 15.8. The summed E-state index contributed by atoms with van der Waals surface area (Å²) in [5.41, 5.74) is 3.75. The van der Waals surface area contributed by atoms with Gasteiger partial charge in [-0.2, -0.15) is 16.4 Å². The fourth-order valence-corrected chi connectivity index (χ4v) is 4.62. The monoisotopic (exact) mass is 395 g/mol. The van der Waals surface area contributed by atoms with Crippen LogP contribution in [-0.4, -0.2) is 29.3 Å². The van der Waals surface area contributed by atoms with Crippen LogP contribution in [0.1, 0.15) is 41.4 Å². The lowest BCUT2D eigenvalue weighted by molar-refractivity contribution is -0.123. The Labute approximate surface area is 169 Å². The van der Waals surface area contributed by atoms with Gasteiger partial charge in [0.25, 0.3) is 0 Å². The molecule has 1 fully saturated rings. The van der Waals surface area contributed by atoms with Crippen LogP contribution in [0.15, 0.2) is 47.2 Å². The van der Waals surface area contributed by atoms with Crippen molar-refractivity contribution in [1.29, 1.82) is 0 Å². The molecular weight excluding hydrogens is 370 g/mol. The quantitative estimate of drug-likeness (QED) is 0.658. The second-order valence-electron chi connectivity index (χ2n) is 7.44. The molecule has 2 heterocycles. The predicted molar refractivity (Wildman–Crippen MR) is 111 cm³/mol. The number of hydrogen-bond donors (Lipinski definition) is 1. The van der Waals surface area contributed by atoms with Gasteiger partial charge in [-0.3, -0.25) is 9.48 Å². The average molecular weight is 396 g/mol. The van der Waals surface area contributed by atoms with Gasteiger partial charge in [-0.1, -0.05) is 18.2 Å². The van der Waals surface area contributed by atoms with Gasteiger partial charge in [0.2, 0.25) is 5.91 Å². The number of aryl methyl sites for hydroxylation is 2. The van der Waals surface area contributed by atoms with Crippen LogP contribution >= 0.6 is 11.3 Å². The van der Waals surface area contributed by atoms with E-state index in [1.807, 2.05) is 35.9 Å². The summed E-state index contributed by atoms with van der Waals surface area (Å²) < 4.78 is 7.52. The van der Waals surface area contributed by atoms with E-state index in [2.05, 4.69) is 40.2 Å². The summed E-state index contributed by atoms with van der Waals surface area (Å²) in [4.78, 5) is 13.2. The highest BCUT2D eigenvalue weighted by Gasteiger charge is 2.52. The van der Waals surface area contributed by atoms with Gasteiger partial charge >= 0.3 is 0 Å². The number of nitrogens with one attached hydrogen (secondary N) is 1. The number of thiophene rings is 1. The number of nitrogens with zero attached hydrogens (tertiary/aromatic N) is 2. The molecular formula is C22H25N3O2S. The van der Waals surface area contributed by atoms with Crippen LogP contribution < -0.4 is 10.1 Å². The van der Waals surface area contributed by atoms with Crippen LogP contribution in [0.2, 0.25) is 0 Å². The van der Waals surface area contributed by atoms with Crippen molar-refractivity contribution in [2.75, 3.05) is 13.7 Å².